The van der Waals surface area contributed by atoms with E-state index < -0.39 is 0 Å². The van der Waals surface area contributed by atoms with Gasteiger partial charge in [-0.15, -0.1) is 4.68 Å². The van der Waals surface area contributed by atoms with Crippen LogP contribution in [0.2, 0.25) is 5.02 Å². The Morgan fingerprint density at radius 3 is 2.44 bits per heavy atom. The van der Waals surface area contributed by atoms with E-state index in [-0.39, 0.29) is 22.3 Å². The Morgan fingerprint density at radius 2 is 1.70 bits per heavy atom. The third-order valence-corrected chi connectivity index (χ3v) is 8.87. The van der Waals surface area contributed by atoms with Gasteiger partial charge in [-0.05, 0) is 67.9 Å². The Bertz CT molecular complexity index is 1570. The number of carbonyl (C=O) groups is 2. The molecule has 5 rings (SSSR count). The van der Waals surface area contributed by atoms with Crippen molar-refractivity contribution in [3.63, 3.8) is 0 Å². The molecule has 0 saturated carbocycles. The molecular formula is C34H42ClN6O2+. The van der Waals surface area contributed by atoms with E-state index in [9.17, 15) is 9.59 Å². The monoisotopic (exact) mass is 601 g/mol. The molecule has 1 unspecified atom stereocenters. The molecule has 3 aromatic carbocycles. The summed E-state index contributed by atoms with van der Waals surface area (Å²) in [6.07, 6.45) is 1.89. The lowest BCUT2D eigenvalue weighted by atomic mass is 9.94. The number of hydrogen-bond acceptors (Lipinski definition) is 5. The van der Waals surface area contributed by atoms with Crippen LogP contribution in [0.4, 0.5) is 5.95 Å². The first-order valence-electron chi connectivity index (χ1n) is 15.0. The third kappa shape index (κ3) is 6.93. The van der Waals surface area contributed by atoms with Crippen LogP contribution in [0.5, 0.6) is 0 Å². The zero-order valence-electron chi connectivity index (χ0n) is 25.6. The summed E-state index contributed by atoms with van der Waals surface area (Å²) in [5.74, 6) is 1.05. The van der Waals surface area contributed by atoms with Gasteiger partial charge in [-0.1, -0.05) is 54.1 Å². The minimum atomic E-state index is 0.0211. The zero-order chi connectivity index (χ0) is 30.6. The van der Waals surface area contributed by atoms with Crippen LogP contribution in [0.3, 0.4) is 0 Å². The summed E-state index contributed by atoms with van der Waals surface area (Å²) >= 11 is 6.40. The summed E-state index contributed by atoms with van der Waals surface area (Å²) in [4.78, 5) is 37.5. The summed E-state index contributed by atoms with van der Waals surface area (Å²) in [5, 5.41) is 0.708. The van der Waals surface area contributed by atoms with Crippen molar-refractivity contribution in [2.45, 2.75) is 25.7 Å². The summed E-state index contributed by atoms with van der Waals surface area (Å²) in [6.45, 7) is 6.68. The van der Waals surface area contributed by atoms with E-state index in [0.29, 0.717) is 17.1 Å². The van der Waals surface area contributed by atoms with Gasteiger partial charge in [-0.25, -0.2) is 9.78 Å². The second-order valence-electron chi connectivity index (χ2n) is 11.9. The standard InChI is InChI=1S/C34H42ClN6O2/c1-26(42)41(3,4)40-32-17-9-8-16-31(32)36-34(40)39-20-11-19-38(22-23-39)21-18-29(28-14-10-15-30(35)24-28)25-37(2)33(43)27-12-6-5-7-13-27/h5-10,12-17,24,29H,11,18-23,25H2,1-4H3/q+1. The first-order chi connectivity index (χ1) is 20.6. The molecule has 0 radical (unpaired) electrons. The molecule has 4 aromatic rings. The van der Waals surface area contributed by atoms with Crippen LogP contribution in [0.1, 0.15) is 41.6 Å². The van der Waals surface area contributed by atoms with Gasteiger partial charge in [-0.2, -0.15) is 4.59 Å². The number of fused-ring (bicyclic) bond motifs is 1. The fourth-order valence-corrected chi connectivity index (χ4v) is 6.11. The predicted octanol–water partition coefficient (Wildman–Crippen LogP) is 5.39. The highest BCUT2D eigenvalue weighted by Crippen LogP contribution is 2.28. The van der Waals surface area contributed by atoms with E-state index in [4.69, 9.17) is 16.6 Å². The lowest BCUT2D eigenvalue weighted by Crippen LogP contribution is -2.55. The molecule has 0 spiro atoms. The zero-order valence-corrected chi connectivity index (χ0v) is 26.4. The first-order valence-corrected chi connectivity index (χ1v) is 15.4. The molecule has 1 saturated heterocycles. The van der Waals surface area contributed by atoms with E-state index in [0.717, 1.165) is 68.1 Å². The number of benzene rings is 3. The molecule has 1 atom stereocenters. The van der Waals surface area contributed by atoms with Crippen LogP contribution < -0.4 is 9.49 Å². The number of aromatic nitrogens is 2. The van der Waals surface area contributed by atoms with Gasteiger partial charge in [0.2, 0.25) is 0 Å². The van der Waals surface area contributed by atoms with Gasteiger partial charge < -0.3 is 14.7 Å². The number of halogens is 1. The number of carbonyl (C=O) groups excluding carboxylic acids is 2. The Labute approximate surface area is 259 Å². The van der Waals surface area contributed by atoms with Crippen molar-refractivity contribution >= 4 is 40.4 Å². The topological polar surface area (TPSA) is 61.7 Å². The quantitative estimate of drug-likeness (QED) is 0.241. The fraction of sp³-hybridized carbons (Fsp3) is 0.382. The number of anilines is 1. The molecule has 8 nitrogen and oxygen atoms in total. The Morgan fingerprint density at radius 1 is 0.953 bits per heavy atom. The summed E-state index contributed by atoms with van der Waals surface area (Å²) in [5.41, 5.74) is 3.69. The largest absolute Gasteiger partial charge is 0.341 e. The highest BCUT2D eigenvalue weighted by Gasteiger charge is 2.33. The van der Waals surface area contributed by atoms with Gasteiger partial charge >= 0.3 is 5.91 Å². The minimum absolute atomic E-state index is 0.0211. The summed E-state index contributed by atoms with van der Waals surface area (Å²) in [6, 6.07) is 25.5. The lowest BCUT2D eigenvalue weighted by molar-refractivity contribution is -0.131. The molecule has 1 fully saturated rings. The number of nitrogens with zero attached hydrogens (tertiary/aromatic N) is 6. The average Bonchev–Trinajstić information content (AvgIpc) is 3.24. The highest BCUT2D eigenvalue weighted by molar-refractivity contribution is 6.30. The van der Waals surface area contributed by atoms with Crippen molar-refractivity contribution < 1.29 is 9.59 Å². The maximum atomic E-state index is 13.2. The van der Waals surface area contributed by atoms with Crippen molar-refractivity contribution in [2.24, 2.45) is 0 Å². The summed E-state index contributed by atoms with van der Waals surface area (Å²) in [7, 11) is 5.71. The Balaban J connectivity index is 1.30. The molecule has 9 heteroatoms. The molecule has 2 amide bonds. The molecule has 43 heavy (non-hydrogen) atoms. The Kier molecular flexibility index (Phi) is 9.49. The maximum Gasteiger partial charge on any atom is 0.334 e. The van der Waals surface area contributed by atoms with Crippen molar-refractivity contribution in [1.82, 2.24) is 24.1 Å². The molecule has 1 aromatic heterocycles. The van der Waals surface area contributed by atoms with E-state index in [1.165, 1.54) is 0 Å². The van der Waals surface area contributed by atoms with Crippen LogP contribution in [0.25, 0.3) is 11.0 Å². The molecule has 0 N–H and O–H groups in total. The van der Waals surface area contributed by atoms with Crippen molar-refractivity contribution in [3.8, 4) is 0 Å². The van der Waals surface area contributed by atoms with E-state index in [1.54, 1.807) is 6.92 Å². The van der Waals surface area contributed by atoms with Crippen molar-refractivity contribution in [2.75, 3.05) is 65.3 Å². The number of imidazole rings is 1. The first kappa shape index (κ1) is 30.7. The van der Waals surface area contributed by atoms with E-state index in [2.05, 4.69) is 20.5 Å². The number of rotatable bonds is 9. The van der Waals surface area contributed by atoms with Gasteiger partial charge in [0.1, 0.15) is 5.52 Å². The smallest absolute Gasteiger partial charge is 0.334 e. The molecule has 1 aliphatic rings. The van der Waals surface area contributed by atoms with E-state index in [1.807, 2.05) is 98.8 Å². The second-order valence-corrected chi connectivity index (χ2v) is 12.3. The normalized spacial score (nSPS) is 15.3. The predicted molar refractivity (Wildman–Crippen MR) is 175 cm³/mol. The number of para-hydroxylation sites is 2. The van der Waals surface area contributed by atoms with Gasteiger partial charge in [0.25, 0.3) is 11.9 Å². The average molecular weight is 602 g/mol. The molecule has 0 aliphatic carbocycles. The third-order valence-electron chi connectivity index (χ3n) is 8.64. The highest BCUT2D eigenvalue weighted by atomic mass is 35.5. The van der Waals surface area contributed by atoms with Crippen LogP contribution >= 0.6 is 11.6 Å². The van der Waals surface area contributed by atoms with Crippen LogP contribution in [0, 0.1) is 0 Å². The van der Waals surface area contributed by atoms with Crippen LogP contribution in [-0.4, -0.2) is 91.7 Å². The van der Waals surface area contributed by atoms with Crippen LogP contribution in [0.15, 0.2) is 78.9 Å². The molecule has 0 bridgehead atoms. The van der Waals surface area contributed by atoms with Crippen molar-refractivity contribution in [3.05, 3.63) is 95.0 Å². The number of likely N-dealkylation sites (N-methyl/N-ethyl adjacent to an activating group) is 1. The lowest BCUT2D eigenvalue weighted by Gasteiger charge is -2.31. The second kappa shape index (κ2) is 13.3. The molecule has 226 valence electrons. The molecule has 1 aliphatic heterocycles. The van der Waals surface area contributed by atoms with Gasteiger partial charge in [-0.3, -0.25) is 4.79 Å². The Hall–Kier alpha value is -3.72. The van der Waals surface area contributed by atoms with Crippen LogP contribution in [-0.2, 0) is 4.79 Å². The SMILES string of the molecule is CC(=O)[N+](C)(C)n1c(N2CCCN(CCC(CN(C)C(=O)c3ccccc3)c3cccc(Cl)c3)CC2)nc2ccccc21. The molecular weight excluding hydrogens is 560 g/mol. The van der Waals surface area contributed by atoms with Gasteiger partial charge in [0.15, 0.2) is 0 Å². The number of quaternary nitrogens is 1. The maximum absolute atomic E-state index is 13.2. The fourth-order valence-electron chi connectivity index (χ4n) is 5.91. The number of amides is 2. The van der Waals surface area contributed by atoms with Crippen molar-refractivity contribution in [1.29, 1.82) is 0 Å². The number of hydrogen-bond donors (Lipinski definition) is 0. The summed E-state index contributed by atoms with van der Waals surface area (Å²) < 4.78 is 2.13. The minimum Gasteiger partial charge on any atom is -0.341 e. The molecule has 2 heterocycles. The van der Waals surface area contributed by atoms with Gasteiger partial charge in [0, 0.05) is 49.7 Å². The van der Waals surface area contributed by atoms with E-state index >= 15 is 0 Å². The van der Waals surface area contributed by atoms with Gasteiger partial charge in [0.05, 0.1) is 26.5 Å².